The molecular formula is C22H33N5O2Si. The minimum Gasteiger partial charge on any atom is -0.399 e. The summed E-state index contributed by atoms with van der Waals surface area (Å²) < 4.78 is 10.8. The van der Waals surface area contributed by atoms with Gasteiger partial charge in [0.2, 0.25) is 0 Å². The van der Waals surface area contributed by atoms with Gasteiger partial charge in [0.15, 0.2) is 8.32 Å². The lowest BCUT2D eigenvalue weighted by molar-refractivity contribution is 0.0984. The molecule has 2 heterocycles. The van der Waals surface area contributed by atoms with Crippen LogP contribution in [0.15, 0.2) is 43.0 Å². The van der Waals surface area contributed by atoms with Crippen molar-refractivity contribution in [2.45, 2.75) is 64.5 Å². The molecule has 2 aromatic heterocycles. The molecule has 30 heavy (non-hydrogen) atoms. The SMILES string of the molecule is CC(C)(C)[Si](C)(C)OC(CCCn1ccc2ccc(N)cc21)n1cnc(C(N)=O)c1. The van der Waals surface area contributed by atoms with E-state index in [0.717, 1.165) is 30.6 Å². The number of hydrogen-bond donors (Lipinski definition) is 2. The number of aryl methyl sites for hydroxylation is 1. The Morgan fingerprint density at radius 3 is 2.63 bits per heavy atom. The molecular weight excluding hydrogens is 394 g/mol. The summed E-state index contributed by atoms with van der Waals surface area (Å²) in [6.07, 6.45) is 6.93. The number of benzene rings is 1. The second kappa shape index (κ2) is 8.27. The zero-order valence-electron chi connectivity index (χ0n) is 18.6. The Morgan fingerprint density at radius 1 is 1.27 bits per heavy atom. The summed E-state index contributed by atoms with van der Waals surface area (Å²) >= 11 is 0. The van der Waals surface area contributed by atoms with E-state index in [1.807, 2.05) is 22.8 Å². The topological polar surface area (TPSA) is 101 Å². The van der Waals surface area contributed by atoms with Gasteiger partial charge in [-0.25, -0.2) is 4.98 Å². The van der Waals surface area contributed by atoms with Crippen LogP contribution in [-0.4, -0.2) is 28.3 Å². The highest BCUT2D eigenvalue weighted by Crippen LogP contribution is 2.39. The summed E-state index contributed by atoms with van der Waals surface area (Å²) in [5.41, 5.74) is 13.5. The quantitative estimate of drug-likeness (QED) is 0.407. The predicted molar refractivity (Wildman–Crippen MR) is 124 cm³/mol. The number of amides is 1. The largest absolute Gasteiger partial charge is 0.399 e. The van der Waals surface area contributed by atoms with Gasteiger partial charge in [-0.15, -0.1) is 0 Å². The van der Waals surface area contributed by atoms with E-state index in [1.165, 1.54) is 5.39 Å². The molecule has 1 aromatic carbocycles. The van der Waals surface area contributed by atoms with Crippen LogP contribution in [0.4, 0.5) is 5.69 Å². The average molecular weight is 428 g/mol. The highest BCUT2D eigenvalue weighted by molar-refractivity contribution is 6.74. The van der Waals surface area contributed by atoms with E-state index < -0.39 is 14.2 Å². The van der Waals surface area contributed by atoms with Crippen LogP contribution >= 0.6 is 0 Å². The van der Waals surface area contributed by atoms with Crippen molar-refractivity contribution in [3.63, 3.8) is 0 Å². The summed E-state index contributed by atoms with van der Waals surface area (Å²) in [5.74, 6) is -0.531. The van der Waals surface area contributed by atoms with Gasteiger partial charge >= 0.3 is 0 Å². The molecule has 1 amide bonds. The first-order chi connectivity index (χ1) is 14.0. The number of nitrogens with zero attached hydrogens (tertiary/aromatic N) is 3. The maximum absolute atomic E-state index is 11.5. The lowest BCUT2D eigenvalue weighted by Gasteiger charge is -2.39. The maximum atomic E-state index is 11.5. The molecule has 3 rings (SSSR count). The number of fused-ring (bicyclic) bond motifs is 1. The number of aromatic nitrogens is 3. The molecule has 0 aliphatic rings. The Hall–Kier alpha value is -2.58. The van der Waals surface area contributed by atoms with E-state index in [1.54, 1.807) is 12.5 Å². The van der Waals surface area contributed by atoms with E-state index >= 15 is 0 Å². The second-order valence-electron chi connectivity index (χ2n) is 9.37. The fraction of sp³-hybridized carbons (Fsp3) is 0.455. The van der Waals surface area contributed by atoms with Crippen molar-refractivity contribution in [1.82, 2.24) is 14.1 Å². The normalized spacial score (nSPS) is 13.6. The summed E-state index contributed by atoms with van der Waals surface area (Å²) in [6.45, 7) is 12.0. The monoisotopic (exact) mass is 427 g/mol. The van der Waals surface area contributed by atoms with Crippen molar-refractivity contribution in [3.8, 4) is 0 Å². The Morgan fingerprint density at radius 2 is 2.00 bits per heavy atom. The highest BCUT2D eigenvalue weighted by atomic mass is 28.4. The van der Waals surface area contributed by atoms with Crippen molar-refractivity contribution in [2.75, 3.05) is 5.73 Å². The Kier molecular flexibility index (Phi) is 6.10. The van der Waals surface area contributed by atoms with Gasteiger partial charge in [-0.2, -0.15) is 0 Å². The van der Waals surface area contributed by atoms with Crippen LogP contribution < -0.4 is 11.5 Å². The molecule has 1 unspecified atom stereocenters. The van der Waals surface area contributed by atoms with Crippen molar-refractivity contribution in [2.24, 2.45) is 5.73 Å². The number of carbonyl (C=O) groups excluding carboxylic acids is 1. The van der Waals surface area contributed by atoms with Gasteiger partial charge in [0.25, 0.3) is 5.91 Å². The Balaban J connectivity index is 1.77. The van der Waals surface area contributed by atoms with Crippen molar-refractivity contribution >= 4 is 30.8 Å². The number of primary amides is 1. The van der Waals surface area contributed by atoms with Crippen molar-refractivity contribution in [1.29, 1.82) is 0 Å². The molecule has 0 saturated carbocycles. The summed E-state index contributed by atoms with van der Waals surface area (Å²) in [6, 6.07) is 8.08. The van der Waals surface area contributed by atoms with E-state index in [4.69, 9.17) is 15.9 Å². The number of nitrogen functional groups attached to an aromatic ring is 1. The minimum absolute atomic E-state index is 0.0759. The standard InChI is InChI=1S/C22H33N5O2Si/c1-22(2,3)30(4,5)29-20(27-14-18(21(24)28)25-15-27)7-6-11-26-12-10-16-8-9-17(23)13-19(16)26/h8-10,12-15,20H,6-7,11,23H2,1-5H3,(H2,24,28). The maximum Gasteiger partial charge on any atom is 0.268 e. The molecule has 8 heteroatoms. The van der Waals surface area contributed by atoms with E-state index in [9.17, 15) is 4.79 Å². The third-order valence-corrected chi connectivity index (χ3v) is 10.5. The third-order valence-electron chi connectivity index (χ3n) is 6.07. The first-order valence-electron chi connectivity index (χ1n) is 10.3. The molecule has 0 aliphatic carbocycles. The van der Waals surface area contributed by atoms with Crippen molar-refractivity contribution in [3.05, 3.63) is 48.7 Å². The van der Waals surface area contributed by atoms with Crippen LogP contribution in [0.2, 0.25) is 18.1 Å². The third kappa shape index (κ3) is 4.76. The number of rotatable bonds is 8. The minimum atomic E-state index is -2.02. The fourth-order valence-corrected chi connectivity index (χ4v) is 4.51. The first-order valence-corrected chi connectivity index (χ1v) is 13.2. The molecule has 0 radical (unpaired) electrons. The number of nitrogens with two attached hydrogens (primary N) is 2. The molecule has 7 nitrogen and oxygen atoms in total. The lowest BCUT2D eigenvalue weighted by atomic mass is 10.2. The zero-order valence-corrected chi connectivity index (χ0v) is 19.6. The van der Waals surface area contributed by atoms with Crippen LogP contribution in [0, 0.1) is 0 Å². The van der Waals surface area contributed by atoms with Gasteiger partial charge in [-0.1, -0.05) is 26.8 Å². The predicted octanol–water partition coefficient (Wildman–Crippen LogP) is 4.52. The van der Waals surface area contributed by atoms with Gasteiger partial charge in [-0.3, -0.25) is 4.79 Å². The average Bonchev–Trinajstić information content (AvgIpc) is 3.27. The molecule has 1 atom stereocenters. The highest BCUT2D eigenvalue weighted by Gasteiger charge is 2.39. The molecule has 0 bridgehead atoms. The van der Waals surface area contributed by atoms with Gasteiger partial charge in [0, 0.05) is 24.6 Å². The number of carbonyl (C=O) groups is 1. The van der Waals surface area contributed by atoms with Crippen LogP contribution in [0.5, 0.6) is 0 Å². The number of hydrogen-bond acceptors (Lipinski definition) is 4. The van der Waals surface area contributed by atoms with Crippen LogP contribution in [0.25, 0.3) is 10.9 Å². The van der Waals surface area contributed by atoms with Crippen LogP contribution in [-0.2, 0) is 11.0 Å². The van der Waals surface area contributed by atoms with Gasteiger partial charge in [0.1, 0.15) is 11.9 Å². The fourth-order valence-electron chi connectivity index (χ4n) is 3.24. The molecule has 3 aromatic rings. The van der Waals surface area contributed by atoms with Gasteiger partial charge < -0.3 is 25.0 Å². The van der Waals surface area contributed by atoms with Crippen LogP contribution in [0.1, 0.15) is 50.3 Å². The van der Waals surface area contributed by atoms with E-state index in [2.05, 4.69) is 55.7 Å². The van der Waals surface area contributed by atoms with Crippen molar-refractivity contribution < 1.29 is 9.22 Å². The van der Waals surface area contributed by atoms with E-state index in [0.29, 0.717) is 0 Å². The summed E-state index contributed by atoms with van der Waals surface area (Å²) in [4.78, 5) is 15.6. The summed E-state index contributed by atoms with van der Waals surface area (Å²) in [5, 5.41) is 1.26. The molecule has 0 spiro atoms. The smallest absolute Gasteiger partial charge is 0.268 e. The zero-order chi connectivity index (χ0) is 22.1. The van der Waals surface area contributed by atoms with Crippen LogP contribution in [0.3, 0.4) is 0 Å². The molecule has 0 aliphatic heterocycles. The van der Waals surface area contributed by atoms with E-state index in [-0.39, 0.29) is 17.0 Å². The molecule has 0 fully saturated rings. The lowest BCUT2D eigenvalue weighted by Crippen LogP contribution is -2.42. The molecule has 0 saturated heterocycles. The molecule has 4 N–H and O–H groups in total. The van der Waals surface area contributed by atoms with Gasteiger partial charge in [0.05, 0.1) is 11.8 Å². The first kappa shape index (κ1) is 22.1. The van der Waals surface area contributed by atoms with Gasteiger partial charge in [-0.05, 0) is 54.6 Å². The molecule has 162 valence electrons. The second-order valence-corrected chi connectivity index (χ2v) is 14.1. The Labute approximate surface area is 179 Å². The number of imidazole rings is 1. The Bertz CT molecular complexity index is 1030. The number of anilines is 1. The summed E-state index contributed by atoms with van der Waals surface area (Å²) in [7, 11) is -2.02.